The van der Waals surface area contributed by atoms with E-state index in [0.717, 1.165) is 19.4 Å². The van der Waals surface area contributed by atoms with E-state index in [1.54, 1.807) is 24.3 Å². The normalized spacial score (nSPS) is 22.3. The number of hydrogen-bond donors (Lipinski definition) is 2. The van der Waals surface area contributed by atoms with Crippen LogP contribution in [0, 0.1) is 0 Å². The van der Waals surface area contributed by atoms with E-state index in [4.69, 9.17) is 0 Å². The minimum absolute atomic E-state index is 0.0370. The Hall–Kier alpha value is -1.44. The van der Waals surface area contributed by atoms with Gasteiger partial charge in [-0.3, -0.25) is 0 Å². The van der Waals surface area contributed by atoms with Crippen LogP contribution in [0.15, 0.2) is 24.3 Å². The van der Waals surface area contributed by atoms with Crippen LogP contribution in [-0.2, 0) is 20.5 Å². The SMILES string of the molecule is COC(=O)c1cccc(CS(=O)(=O)NC2CCNC(C)C2)c1. The second kappa shape index (κ2) is 7.21. The minimum Gasteiger partial charge on any atom is -0.465 e. The van der Waals surface area contributed by atoms with Gasteiger partial charge >= 0.3 is 5.97 Å². The lowest BCUT2D eigenvalue weighted by Gasteiger charge is -2.28. The first-order valence-electron chi connectivity index (χ1n) is 7.30. The first kappa shape index (κ1) is 16.9. The molecule has 2 unspecified atom stereocenters. The molecular weight excluding hydrogens is 304 g/mol. The minimum atomic E-state index is -3.44. The summed E-state index contributed by atoms with van der Waals surface area (Å²) >= 11 is 0. The van der Waals surface area contributed by atoms with Crippen molar-refractivity contribution in [2.24, 2.45) is 0 Å². The van der Waals surface area contributed by atoms with Crippen molar-refractivity contribution in [2.75, 3.05) is 13.7 Å². The van der Waals surface area contributed by atoms with Crippen molar-refractivity contribution < 1.29 is 17.9 Å². The second-order valence-electron chi connectivity index (χ2n) is 5.65. The lowest BCUT2D eigenvalue weighted by Crippen LogP contribution is -2.46. The van der Waals surface area contributed by atoms with Gasteiger partial charge in [0.15, 0.2) is 0 Å². The average molecular weight is 326 g/mol. The first-order valence-corrected chi connectivity index (χ1v) is 8.95. The summed E-state index contributed by atoms with van der Waals surface area (Å²) in [4.78, 5) is 11.5. The van der Waals surface area contributed by atoms with Gasteiger partial charge in [-0.05, 0) is 44.0 Å². The fourth-order valence-corrected chi connectivity index (χ4v) is 4.08. The molecule has 0 aromatic heterocycles. The maximum absolute atomic E-state index is 12.3. The number of carbonyl (C=O) groups is 1. The first-order chi connectivity index (χ1) is 10.4. The van der Waals surface area contributed by atoms with Crippen LogP contribution in [0.4, 0.5) is 0 Å². The van der Waals surface area contributed by atoms with Crippen molar-refractivity contribution in [2.45, 2.75) is 37.6 Å². The molecule has 7 heteroatoms. The van der Waals surface area contributed by atoms with Crippen LogP contribution in [0.1, 0.15) is 35.7 Å². The second-order valence-corrected chi connectivity index (χ2v) is 7.40. The van der Waals surface area contributed by atoms with Crippen molar-refractivity contribution in [1.82, 2.24) is 10.0 Å². The molecule has 1 aromatic carbocycles. The zero-order valence-corrected chi connectivity index (χ0v) is 13.7. The molecule has 122 valence electrons. The van der Waals surface area contributed by atoms with E-state index < -0.39 is 16.0 Å². The van der Waals surface area contributed by atoms with Crippen LogP contribution in [-0.4, -0.2) is 40.1 Å². The maximum Gasteiger partial charge on any atom is 0.337 e. The lowest BCUT2D eigenvalue weighted by molar-refractivity contribution is 0.0600. The smallest absolute Gasteiger partial charge is 0.337 e. The molecule has 1 aliphatic heterocycles. The van der Waals surface area contributed by atoms with Crippen LogP contribution >= 0.6 is 0 Å². The summed E-state index contributed by atoms with van der Waals surface area (Å²) in [6, 6.07) is 6.77. The van der Waals surface area contributed by atoms with E-state index in [0.29, 0.717) is 17.2 Å². The summed E-state index contributed by atoms with van der Waals surface area (Å²) in [5.74, 6) is -0.616. The van der Waals surface area contributed by atoms with Crippen molar-refractivity contribution >= 4 is 16.0 Å². The number of hydrogen-bond acceptors (Lipinski definition) is 5. The third-order valence-electron chi connectivity index (χ3n) is 3.67. The summed E-state index contributed by atoms with van der Waals surface area (Å²) in [6.45, 7) is 2.85. The Balaban J connectivity index is 2.03. The molecule has 0 saturated carbocycles. The van der Waals surface area contributed by atoms with Crippen molar-refractivity contribution in [3.63, 3.8) is 0 Å². The Morgan fingerprint density at radius 3 is 2.91 bits per heavy atom. The monoisotopic (exact) mass is 326 g/mol. The molecule has 0 bridgehead atoms. The van der Waals surface area contributed by atoms with Gasteiger partial charge in [-0.2, -0.15) is 0 Å². The molecule has 6 nitrogen and oxygen atoms in total. The largest absolute Gasteiger partial charge is 0.465 e. The number of piperidine rings is 1. The predicted octanol–water partition coefficient (Wildman–Crippen LogP) is 1.03. The molecule has 1 saturated heterocycles. The molecular formula is C15H22N2O4S. The summed E-state index contributed by atoms with van der Waals surface area (Å²) in [7, 11) is -2.14. The molecule has 1 aromatic rings. The lowest BCUT2D eigenvalue weighted by atomic mass is 10.0. The molecule has 2 N–H and O–H groups in total. The molecule has 22 heavy (non-hydrogen) atoms. The van der Waals surface area contributed by atoms with Crippen LogP contribution in [0.25, 0.3) is 0 Å². The van der Waals surface area contributed by atoms with E-state index in [1.807, 2.05) is 6.92 Å². The number of sulfonamides is 1. The number of esters is 1. The van der Waals surface area contributed by atoms with Crippen molar-refractivity contribution in [3.8, 4) is 0 Å². The fourth-order valence-electron chi connectivity index (χ4n) is 2.66. The summed E-state index contributed by atoms with van der Waals surface area (Å²) in [5, 5.41) is 3.29. The predicted molar refractivity (Wildman–Crippen MR) is 84.0 cm³/mol. The summed E-state index contributed by atoms with van der Waals surface area (Å²) in [5.41, 5.74) is 0.920. The summed E-state index contributed by atoms with van der Waals surface area (Å²) in [6.07, 6.45) is 1.56. The Labute approximate surface area is 131 Å². The molecule has 1 aliphatic rings. The van der Waals surface area contributed by atoms with E-state index in [-0.39, 0.29) is 11.8 Å². The highest BCUT2D eigenvalue weighted by molar-refractivity contribution is 7.88. The van der Waals surface area contributed by atoms with Gasteiger partial charge in [-0.15, -0.1) is 0 Å². The van der Waals surface area contributed by atoms with Gasteiger partial charge in [0.25, 0.3) is 0 Å². The third kappa shape index (κ3) is 4.79. The molecule has 0 radical (unpaired) electrons. The molecule has 0 amide bonds. The Kier molecular flexibility index (Phi) is 5.55. The van der Waals surface area contributed by atoms with Crippen molar-refractivity contribution in [1.29, 1.82) is 0 Å². The number of ether oxygens (including phenoxy) is 1. The zero-order valence-electron chi connectivity index (χ0n) is 12.8. The van der Waals surface area contributed by atoms with Crippen LogP contribution in [0.3, 0.4) is 0 Å². The number of rotatable bonds is 5. The Bertz CT molecular complexity index is 630. The highest BCUT2D eigenvalue weighted by Gasteiger charge is 2.23. The van der Waals surface area contributed by atoms with Gasteiger partial charge in [0.05, 0.1) is 18.4 Å². The third-order valence-corrected chi connectivity index (χ3v) is 5.08. The molecule has 2 atom stereocenters. The van der Waals surface area contributed by atoms with E-state index in [1.165, 1.54) is 7.11 Å². The molecule has 1 fully saturated rings. The summed E-state index contributed by atoms with van der Waals surface area (Å²) < 4.78 is 32.0. The zero-order chi connectivity index (χ0) is 16.2. The van der Waals surface area contributed by atoms with E-state index in [2.05, 4.69) is 14.8 Å². The van der Waals surface area contributed by atoms with Gasteiger partial charge in [-0.25, -0.2) is 17.9 Å². The number of carbonyl (C=O) groups excluding carboxylic acids is 1. The standard InChI is InChI=1S/C15H22N2O4S/c1-11-8-14(6-7-16-11)17-22(19,20)10-12-4-3-5-13(9-12)15(18)21-2/h3-5,9,11,14,16-17H,6-8,10H2,1-2H3. The fraction of sp³-hybridized carbons (Fsp3) is 0.533. The van der Waals surface area contributed by atoms with Gasteiger partial charge in [0.1, 0.15) is 0 Å². The number of methoxy groups -OCH3 is 1. The highest BCUT2D eigenvalue weighted by atomic mass is 32.2. The van der Waals surface area contributed by atoms with Gasteiger partial charge < -0.3 is 10.1 Å². The van der Waals surface area contributed by atoms with Crippen LogP contribution in [0.5, 0.6) is 0 Å². The molecule has 0 spiro atoms. The molecule has 2 rings (SSSR count). The average Bonchev–Trinajstić information content (AvgIpc) is 2.45. The Morgan fingerprint density at radius 1 is 1.45 bits per heavy atom. The Morgan fingerprint density at radius 2 is 2.23 bits per heavy atom. The van der Waals surface area contributed by atoms with Gasteiger partial charge in [0.2, 0.25) is 10.0 Å². The topological polar surface area (TPSA) is 84.5 Å². The number of nitrogens with one attached hydrogen (secondary N) is 2. The quantitative estimate of drug-likeness (QED) is 0.790. The van der Waals surface area contributed by atoms with Crippen molar-refractivity contribution in [3.05, 3.63) is 35.4 Å². The molecule has 0 aliphatic carbocycles. The maximum atomic E-state index is 12.3. The van der Waals surface area contributed by atoms with E-state index in [9.17, 15) is 13.2 Å². The van der Waals surface area contributed by atoms with Crippen LogP contribution in [0.2, 0.25) is 0 Å². The number of benzene rings is 1. The van der Waals surface area contributed by atoms with Gasteiger partial charge in [-0.1, -0.05) is 12.1 Å². The van der Waals surface area contributed by atoms with E-state index >= 15 is 0 Å². The molecule has 1 heterocycles. The van der Waals surface area contributed by atoms with Crippen LogP contribution < -0.4 is 10.0 Å². The van der Waals surface area contributed by atoms with Gasteiger partial charge in [0, 0.05) is 12.1 Å². The highest BCUT2D eigenvalue weighted by Crippen LogP contribution is 2.13.